The first-order chi connectivity index (χ1) is 11.1. The second-order valence-corrected chi connectivity index (χ2v) is 6.86. The third-order valence-corrected chi connectivity index (χ3v) is 4.65. The first kappa shape index (κ1) is 16.1. The maximum atomic E-state index is 13.2. The molecule has 0 atom stereocenters. The largest absolute Gasteiger partial charge is 0.426 e. The number of carbonyl (C=O) groups excluding carboxylic acids is 1. The van der Waals surface area contributed by atoms with Crippen molar-refractivity contribution in [1.29, 1.82) is 0 Å². The van der Waals surface area contributed by atoms with Crippen LogP contribution in [0.25, 0.3) is 10.6 Å². The minimum atomic E-state index is -0.373. The van der Waals surface area contributed by atoms with E-state index < -0.39 is 0 Å². The molecule has 0 aliphatic rings. The van der Waals surface area contributed by atoms with Crippen molar-refractivity contribution in [2.24, 2.45) is 0 Å². The van der Waals surface area contributed by atoms with E-state index in [9.17, 15) is 9.18 Å². The van der Waals surface area contributed by atoms with Crippen LogP contribution in [0.5, 0.6) is 5.75 Å². The number of thiazole rings is 1. The second kappa shape index (κ2) is 7.18. The Morgan fingerprint density at radius 2 is 2.00 bits per heavy atom. The van der Waals surface area contributed by atoms with Crippen LogP contribution in [0.15, 0.2) is 53.9 Å². The molecule has 0 aliphatic heterocycles. The zero-order valence-corrected chi connectivity index (χ0v) is 14.8. The van der Waals surface area contributed by atoms with Crippen molar-refractivity contribution in [3.8, 4) is 16.3 Å². The van der Waals surface area contributed by atoms with Crippen molar-refractivity contribution in [3.05, 3.63) is 69.0 Å². The first-order valence-electron chi connectivity index (χ1n) is 6.77. The van der Waals surface area contributed by atoms with Gasteiger partial charge in [0.05, 0.1) is 12.1 Å². The van der Waals surface area contributed by atoms with E-state index in [1.807, 2.05) is 12.1 Å². The number of hydrogen-bond acceptors (Lipinski definition) is 4. The molecule has 0 spiro atoms. The minimum Gasteiger partial charge on any atom is -0.426 e. The Morgan fingerprint density at radius 3 is 2.74 bits per heavy atom. The number of hydrogen-bond donors (Lipinski definition) is 0. The molecule has 3 nitrogen and oxygen atoms in total. The highest BCUT2D eigenvalue weighted by atomic mass is 127. The molecule has 0 saturated carbocycles. The average Bonchev–Trinajstić information content (AvgIpc) is 2.98. The van der Waals surface area contributed by atoms with Gasteiger partial charge in [-0.3, -0.25) is 4.79 Å². The molecule has 0 radical (unpaired) electrons. The highest BCUT2D eigenvalue weighted by Crippen LogP contribution is 2.24. The van der Waals surface area contributed by atoms with Crippen molar-refractivity contribution in [2.75, 3.05) is 0 Å². The molecule has 0 unspecified atom stereocenters. The van der Waals surface area contributed by atoms with Crippen molar-refractivity contribution in [3.63, 3.8) is 0 Å². The predicted molar refractivity (Wildman–Crippen MR) is 96.0 cm³/mol. The van der Waals surface area contributed by atoms with Crippen molar-refractivity contribution >= 4 is 39.9 Å². The predicted octanol–water partition coefficient (Wildman–Crippen LogP) is 4.70. The summed E-state index contributed by atoms with van der Waals surface area (Å²) >= 11 is 3.56. The molecule has 0 fully saturated rings. The molecule has 6 heteroatoms. The fourth-order valence-electron chi connectivity index (χ4n) is 1.96. The molecular formula is C17H11FINO2S. The summed E-state index contributed by atoms with van der Waals surface area (Å²) in [6.45, 7) is 0. The third-order valence-electron chi connectivity index (χ3n) is 2.99. The Labute approximate surface area is 150 Å². The lowest BCUT2D eigenvalue weighted by Crippen LogP contribution is -2.11. The van der Waals surface area contributed by atoms with Gasteiger partial charge in [0.25, 0.3) is 0 Å². The minimum absolute atomic E-state index is 0.0812. The number of ether oxygens (including phenoxy) is 1. The van der Waals surface area contributed by atoms with Gasteiger partial charge in [-0.25, -0.2) is 9.37 Å². The van der Waals surface area contributed by atoms with Crippen molar-refractivity contribution in [1.82, 2.24) is 4.98 Å². The van der Waals surface area contributed by atoms with E-state index in [2.05, 4.69) is 27.6 Å². The van der Waals surface area contributed by atoms with Gasteiger partial charge >= 0.3 is 5.97 Å². The molecule has 0 aliphatic carbocycles. The zero-order valence-electron chi connectivity index (χ0n) is 11.8. The maximum Gasteiger partial charge on any atom is 0.317 e. The van der Waals surface area contributed by atoms with Gasteiger partial charge in [-0.15, -0.1) is 11.3 Å². The third kappa shape index (κ3) is 4.35. The number of halogens is 2. The van der Waals surface area contributed by atoms with E-state index in [0.29, 0.717) is 22.0 Å². The summed E-state index contributed by atoms with van der Waals surface area (Å²) in [6, 6.07) is 13.5. The molecule has 0 N–H and O–H groups in total. The SMILES string of the molecule is O=C(Cc1csc(-c2cccc(F)c2)n1)Oc1ccc(I)cc1. The molecule has 3 aromatic rings. The van der Waals surface area contributed by atoms with E-state index in [-0.39, 0.29) is 18.2 Å². The molecule has 1 heterocycles. The van der Waals surface area contributed by atoms with E-state index in [1.165, 1.54) is 23.5 Å². The van der Waals surface area contributed by atoms with Gasteiger partial charge in [0.15, 0.2) is 0 Å². The fraction of sp³-hybridized carbons (Fsp3) is 0.0588. The van der Waals surface area contributed by atoms with Crippen molar-refractivity contribution < 1.29 is 13.9 Å². The quantitative estimate of drug-likeness (QED) is 0.336. The van der Waals surface area contributed by atoms with Crippen LogP contribution in [-0.4, -0.2) is 11.0 Å². The number of benzene rings is 2. The number of rotatable bonds is 4. The van der Waals surface area contributed by atoms with Gasteiger partial charge in [-0.05, 0) is 59.0 Å². The lowest BCUT2D eigenvalue weighted by atomic mass is 10.2. The van der Waals surface area contributed by atoms with Crippen LogP contribution in [0.2, 0.25) is 0 Å². The summed E-state index contributed by atoms with van der Waals surface area (Å²) < 4.78 is 19.6. The van der Waals surface area contributed by atoms with Gasteiger partial charge in [0, 0.05) is 14.5 Å². The average molecular weight is 439 g/mol. The Bertz CT molecular complexity index is 833. The number of esters is 1. The molecule has 2 aromatic carbocycles. The summed E-state index contributed by atoms with van der Waals surface area (Å²) in [6.07, 6.45) is 0.0812. The molecule has 3 rings (SSSR count). The maximum absolute atomic E-state index is 13.2. The monoisotopic (exact) mass is 439 g/mol. The lowest BCUT2D eigenvalue weighted by molar-refractivity contribution is -0.133. The Balaban J connectivity index is 1.66. The molecule has 0 bridgehead atoms. The zero-order chi connectivity index (χ0) is 16.2. The molecule has 116 valence electrons. The number of aromatic nitrogens is 1. The fourth-order valence-corrected chi connectivity index (χ4v) is 3.14. The summed E-state index contributed by atoms with van der Waals surface area (Å²) in [5, 5.41) is 2.47. The smallest absolute Gasteiger partial charge is 0.317 e. The van der Waals surface area contributed by atoms with Crippen LogP contribution < -0.4 is 4.74 Å². The van der Waals surface area contributed by atoms with E-state index >= 15 is 0 Å². The summed E-state index contributed by atoms with van der Waals surface area (Å²) in [7, 11) is 0. The van der Waals surface area contributed by atoms with Gasteiger partial charge in [-0.2, -0.15) is 0 Å². The van der Waals surface area contributed by atoms with Crippen LogP contribution in [0, 0.1) is 9.39 Å². The van der Waals surface area contributed by atoms with Crippen LogP contribution in [0.1, 0.15) is 5.69 Å². The van der Waals surface area contributed by atoms with Crippen LogP contribution in [-0.2, 0) is 11.2 Å². The standard InChI is InChI=1S/C17H11FINO2S/c18-12-3-1-2-11(8-12)17-20-14(10-23-17)9-16(21)22-15-6-4-13(19)5-7-15/h1-8,10H,9H2. The normalized spacial score (nSPS) is 10.5. The highest BCUT2D eigenvalue weighted by Gasteiger charge is 2.11. The second-order valence-electron chi connectivity index (χ2n) is 4.76. The van der Waals surface area contributed by atoms with Crippen LogP contribution >= 0.6 is 33.9 Å². The Kier molecular flexibility index (Phi) is 5.02. The number of nitrogens with zero attached hydrogens (tertiary/aromatic N) is 1. The van der Waals surface area contributed by atoms with Crippen LogP contribution in [0.4, 0.5) is 4.39 Å². The molecular weight excluding hydrogens is 428 g/mol. The summed E-state index contributed by atoms with van der Waals surface area (Å²) in [5.41, 5.74) is 1.32. The molecule has 1 aromatic heterocycles. The lowest BCUT2D eigenvalue weighted by Gasteiger charge is -2.03. The first-order valence-corrected chi connectivity index (χ1v) is 8.72. The van der Waals surface area contributed by atoms with Crippen molar-refractivity contribution in [2.45, 2.75) is 6.42 Å². The van der Waals surface area contributed by atoms with Gasteiger partial charge < -0.3 is 4.74 Å². The topological polar surface area (TPSA) is 39.2 Å². The molecule has 0 saturated heterocycles. The van der Waals surface area contributed by atoms with E-state index in [0.717, 1.165) is 3.57 Å². The number of carbonyl (C=O) groups is 1. The summed E-state index contributed by atoms with van der Waals surface area (Å²) in [4.78, 5) is 16.3. The Morgan fingerprint density at radius 1 is 1.22 bits per heavy atom. The molecule has 0 amide bonds. The highest BCUT2D eigenvalue weighted by molar-refractivity contribution is 14.1. The van der Waals surface area contributed by atoms with Gasteiger partial charge in [0.1, 0.15) is 16.6 Å². The van der Waals surface area contributed by atoms with Gasteiger partial charge in [-0.1, -0.05) is 12.1 Å². The Hall–Kier alpha value is -1.80. The van der Waals surface area contributed by atoms with Gasteiger partial charge in [0.2, 0.25) is 0 Å². The van der Waals surface area contributed by atoms with E-state index in [1.54, 1.807) is 29.6 Å². The summed E-state index contributed by atoms with van der Waals surface area (Å²) in [5.74, 6) is -0.171. The molecule has 23 heavy (non-hydrogen) atoms. The van der Waals surface area contributed by atoms with Crippen LogP contribution in [0.3, 0.4) is 0 Å². The van der Waals surface area contributed by atoms with E-state index in [4.69, 9.17) is 4.74 Å².